The van der Waals surface area contributed by atoms with E-state index in [0.717, 1.165) is 51.2 Å². The van der Waals surface area contributed by atoms with Crippen LogP contribution in [0.1, 0.15) is 0 Å². The van der Waals surface area contributed by atoms with Crippen LogP contribution in [-0.4, -0.2) is 0 Å². The molecular formula is C54H37N3S2. The number of hydrogen-bond donors (Lipinski definition) is 0. The summed E-state index contributed by atoms with van der Waals surface area (Å²) in [5, 5.41) is 5.03. The molecule has 0 atom stereocenters. The monoisotopic (exact) mass is 791 g/mol. The van der Waals surface area contributed by atoms with Gasteiger partial charge >= 0.3 is 0 Å². The Morgan fingerprint density at radius 3 is 1.24 bits per heavy atom. The second-order valence-corrected chi connectivity index (χ2v) is 16.8. The first kappa shape index (κ1) is 35.0. The summed E-state index contributed by atoms with van der Waals surface area (Å²) in [7, 11) is 0. The Morgan fingerprint density at radius 2 is 0.661 bits per heavy atom. The maximum Gasteiger partial charge on any atom is 0.0575 e. The zero-order valence-electron chi connectivity index (χ0n) is 32.0. The van der Waals surface area contributed by atoms with Crippen LogP contribution in [0, 0.1) is 0 Å². The molecule has 2 heterocycles. The highest BCUT2D eigenvalue weighted by Crippen LogP contribution is 2.50. The zero-order valence-corrected chi connectivity index (χ0v) is 33.7. The van der Waals surface area contributed by atoms with Gasteiger partial charge in [-0.3, -0.25) is 0 Å². The van der Waals surface area contributed by atoms with Gasteiger partial charge in [-0.1, -0.05) is 115 Å². The normalized spacial score (nSPS) is 11.4. The van der Waals surface area contributed by atoms with E-state index in [1.807, 2.05) is 22.7 Å². The van der Waals surface area contributed by atoms with Gasteiger partial charge in [-0.2, -0.15) is 0 Å². The van der Waals surface area contributed by atoms with Gasteiger partial charge in [0.05, 0.1) is 5.69 Å². The molecule has 0 saturated heterocycles. The molecule has 0 N–H and O–H groups in total. The minimum Gasteiger partial charge on any atom is -0.310 e. The third-order valence-electron chi connectivity index (χ3n) is 11.0. The van der Waals surface area contributed by atoms with Crippen molar-refractivity contribution >= 4 is 114 Å². The van der Waals surface area contributed by atoms with Crippen LogP contribution in [0.15, 0.2) is 224 Å². The minimum absolute atomic E-state index is 1.10. The lowest BCUT2D eigenvalue weighted by atomic mass is 10.1. The number of para-hydroxylation sites is 5. The van der Waals surface area contributed by atoms with E-state index in [1.165, 1.54) is 40.3 Å². The molecule has 0 aliphatic rings. The van der Waals surface area contributed by atoms with E-state index in [2.05, 4.69) is 239 Å². The highest BCUT2D eigenvalue weighted by molar-refractivity contribution is 7.26. The molecule has 2 aromatic heterocycles. The van der Waals surface area contributed by atoms with Gasteiger partial charge in [0, 0.05) is 85.8 Å². The van der Waals surface area contributed by atoms with Crippen LogP contribution in [0.25, 0.3) is 40.3 Å². The van der Waals surface area contributed by atoms with Crippen LogP contribution in [0.3, 0.4) is 0 Å². The summed E-state index contributed by atoms with van der Waals surface area (Å²) in [6, 6.07) is 81.0. The number of fused-ring (bicyclic) bond motifs is 6. The largest absolute Gasteiger partial charge is 0.310 e. The zero-order chi connectivity index (χ0) is 39.1. The predicted molar refractivity (Wildman–Crippen MR) is 256 cm³/mol. The standard InChI is InChI=1S/C54H37N3S2/c1-6-18-38(19-7-1)55(39-20-8-2-9-21-39)43-31-33-51-48(34-43)46-32-30-44(36-52(46)58-51)56(40-22-10-3-11-23-40)45-35-49(54-47-28-16-17-29-50(47)59-53(54)37-45)57(41-24-12-4-13-25-41)42-26-14-5-15-27-42/h1-37H. The van der Waals surface area contributed by atoms with E-state index in [1.54, 1.807) is 0 Å². The number of nitrogens with zero attached hydrogens (tertiary/aromatic N) is 3. The first-order chi connectivity index (χ1) is 29.3. The van der Waals surface area contributed by atoms with Gasteiger partial charge in [-0.05, 0) is 109 Å². The molecule has 0 bridgehead atoms. The minimum atomic E-state index is 1.10. The molecular weight excluding hydrogens is 755 g/mol. The van der Waals surface area contributed by atoms with Crippen molar-refractivity contribution in [2.45, 2.75) is 0 Å². The summed E-state index contributed by atoms with van der Waals surface area (Å²) in [5.41, 5.74) is 10.1. The van der Waals surface area contributed by atoms with Gasteiger partial charge in [0.2, 0.25) is 0 Å². The third-order valence-corrected chi connectivity index (χ3v) is 13.2. The van der Waals surface area contributed by atoms with Crippen molar-refractivity contribution < 1.29 is 0 Å². The first-order valence-corrected chi connectivity index (χ1v) is 21.5. The Morgan fingerprint density at radius 1 is 0.237 bits per heavy atom. The molecule has 3 nitrogen and oxygen atoms in total. The van der Waals surface area contributed by atoms with Gasteiger partial charge in [-0.15, -0.1) is 22.7 Å². The highest BCUT2D eigenvalue weighted by atomic mass is 32.1. The van der Waals surface area contributed by atoms with E-state index in [-0.39, 0.29) is 0 Å². The molecule has 0 aliphatic heterocycles. The summed E-state index contributed by atoms with van der Waals surface area (Å²) in [6.45, 7) is 0. The first-order valence-electron chi connectivity index (χ1n) is 19.8. The summed E-state index contributed by atoms with van der Waals surface area (Å²) in [6.07, 6.45) is 0. The molecule has 11 aromatic rings. The molecule has 0 saturated carbocycles. The van der Waals surface area contributed by atoms with Crippen molar-refractivity contribution in [3.63, 3.8) is 0 Å². The van der Waals surface area contributed by atoms with Gasteiger partial charge in [0.15, 0.2) is 0 Å². The molecule has 59 heavy (non-hydrogen) atoms. The van der Waals surface area contributed by atoms with Crippen molar-refractivity contribution in [2.75, 3.05) is 14.7 Å². The molecule has 11 rings (SSSR count). The molecule has 0 unspecified atom stereocenters. The van der Waals surface area contributed by atoms with Crippen molar-refractivity contribution in [1.29, 1.82) is 0 Å². The summed E-state index contributed by atoms with van der Waals surface area (Å²) in [5.74, 6) is 0. The number of rotatable bonds is 9. The maximum absolute atomic E-state index is 2.42. The average Bonchev–Trinajstić information content (AvgIpc) is 3.86. The van der Waals surface area contributed by atoms with Crippen LogP contribution < -0.4 is 14.7 Å². The van der Waals surface area contributed by atoms with Crippen LogP contribution >= 0.6 is 22.7 Å². The molecule has 9 aromatic carbocycles. The number of hydrogen-bond acceptors (Lipinski definition) is 5. The van der Waals surface area contributed by atoms with Gasteiger partial charge < -0.3 is 14.7 Å². The van der Waals surface area contributed by atoms with E-state index >= 15 is 0 Å². The molecule has 0 spiro atoms. The van der Waals surface area contributed by atoms with Crippen LogP contribution in [-0.2, 0) is 0 Å². The van der Waals surface area contributed by atoms with E-state index in [4.69, 9.17) is 0 Å². The Labute approximate surface area is 351 Å². The molecule has 0 amide bonds. The molecule has 0 fully saturated rings. The van der Waals surface area contributed by atoms with Crippen LogP contribution in [0.4, 0.5) is 51.2 Å². The quantitative estimate of drug-likeness (QED) is 0.144. The predicted octanol–water partition coefficient (Wildman–Crippen LogP) is 16.8. The molecule has 280 valence electrons. The van der Waals surface area contributed by atoms with Gasteiger partial charge in [0.25, 0.3) is 0 Å². The van der Waals surface area contributed by atoms with Crippen LogP contribution in [0.2, 0.25) is 0 Å². The van der Waals surface area contributed by atoms with E-state index < -0.39 is 0 Å². The molecule has 0 radical (unpaired) electrons. The van der Waals surface area contributed by atoms with Crippen LogP contribution in [0.5, 0.6) is 0 Å². The lowest BCUT2D eigenvalue weighted by Gasteiger charge is -2.30. The Kier molecular flexibility index (Phi) is 8.88. The Hall–Kier alpha value is -7.18. The summed E-state index contributed by atoms with van der Waals surface area (Å²) in [4.78, 5) is 7.17. The van der Waals surface area contributed by atoms with Crippen molar-refractivity contribution in [3.05, 3.63) is 224 Å². The second kappa shape index (κ2) is 15.0. The number of benzene rings is 9. The Bertz CT molecular complexity index is 3140. The summed E-state index contributed by atoms with van der Waals surface area (Å²) >= 11 is 3.71. The van der Waals surface area contributed by atoms with E-state index in [0.29, 0.717) is 0 Å². The topological polar surface area (TPSA) is 9.72 Å². The van der Waals surface area contributed by atoms with Gasteiger partial charge in [-0.25, -0.2) is 0 Å². The molecule has 5 heteroatoms. The maximum atomic E-state index is 2.42. The number of thiophene rings is 2. The molecule has 0 aliphatic carbocycles. The number of anilines is 9. The lowest BCUT2D eigenvalue weighted by Crippen LogP contribution is -2.13. The average molecular weight is 792 g/mol. The third kappa shape index (κ3) is 6.38. The van der Waals surface area contributed by atoms with E-state index in [9.17, 15) is 0 Å². The fraction of sp³-hybridized carbons (Fsp3) is 0. The highest BCUT2D eigenvalue weighted by Gasteiger charge is 2.23. The second-order valence-electron chi connectivity index (χ2n) is 14.6. The summed E-state index contributed by atoms with van der Waals surface area (Å²) < 4.78 is 5.04. The van der Waals surface area contributed by atoms with Gasteiger partial charge in [0.1, 0.15) is 0 Å². The van der Waals surface area contributed by atoms with Crippen molar-refractivity contribution in [3.8, 4) is 0 Å². The van der Waals surface area contributed by atoms with Crippen molar-refractivity contribution in [2.24, 2.45) is 0 Å². The Balaban J connectivity index is 1.10. The fourth-order valence-corrected chi connectivity index (χ4v) is 10.6. The smallest absolute Gasteiger partial charge is 0.0575 e. The van der Waals surface area contributed by atoms with Crippen molar-refractivity contribution in [1.82, 2.24) is 0 Å². The SMILES string of the molecule is c1ccc(N(c2ccc3c(c2)sc2ccc(N(c4ccccc4)c4ccccc4)cc23)c2cc(N(c3ccccc3)c3ccccc3)c3c(c2)sc2ccccc23)cc1. The fourth-order valence-electron chi connectivity index (χ4n) is 8.36. The lowest BCUT2D eigenvalue weighted by molar-refractivity contribution is 1.27.